The van der Waals surface area contributed by atoms with E-state index < -0.39 is 0 Å². The largest absolute Gasteiger partial charge is 0.350 e. The van der Waals surface area contributed by atoms with Crippen LogP contribution in [0.15, 0.2) is 6.20 Å². The number of rotatable bonds is 3. The highest BCUT2D eigenvalue weighted by molar-refractivity contribution is 6.20. The van der Waals surface area contributed by atoms with Crippen LogP contribution in [0.4, 0.5) is 0 Å². The van der Waals surface area contributed by atoms with Crippen molar-refractivity contribution in [2.24, 2.45) is 7.05 Å². The first-order valence-electron chi connectivity index (χ1n) is 4.43. The van der Waals surface area contributed by atoms with Crippen molar-refractivity contribution in [2.75, 3.05) is 6.54 Å². The Balaban J connectivity index is 2.66. The van der Waals surface area contributed by atoms with Crippen LogP contribution in [-0.4, -0.2) is 27.6 Å². The van der Waals surface area contributed by atoms with Crippen LogP contribution in [0, 0.1) is 6.92 Å². The van der Waals surface area contributed by atoms with Crippen LogP contribution in [0.3, 0.4) is 0 Å². The van der Waals surface area contributed by atoms with Gasteiger partial charge in [-0.05, 0) is 13.8 Å². The normalized spacial score (nSPS) is 12.6. The predicted molar refractivity (Wildman–Crippen MR) is 55.6 cm³/mol. The van der Waals surface area contributed by atoms with Gasteiger partial charge in [0.15, 0.2) is 0 Å². The Labute approximate surface area is 88.2 Å². The number of carbonyl (C=O) groups is 1. The Kier molecular flexibility index (Phi) is 3.52. The molecule has 1 aromatic heterocycles. The molecule has 1 rings (SSSR count). The molecule has 5 heteroatoms. The number of aryl methyl sites for hydroxylation is 1. The quantitative estimate of drug-likeness (QED) is 0.768. The first-order valence-corrected chi connectivity index (χ1v) is 4.87. The molecule has 0 aliphatic heterocycles. The summed E-state index contributed by atoms with van der Waals surface area (Å²) in [4.78, 5) is 11.6. The van der Waals surface area contributed by atoms with Crippen molar-refractivity contribution in [2.45, 2.75) is 19.2 Å². The van der Waals surface area contributed by atoms with E-state index in [1.807, 2.05) is 13.8 Å². The number of carbonyl (C=O) groups excluding carboxylic acids is 1. The van der Waals surface area contributed by atoms with Crippen LogP contribution in [0.1, 0.15) is 23.0 Å². The smallest absolute Gasteiger partial charge is 0.254 e. The van der Waals surface area contributed by atoms with E-state index in [2.05, 4.69) is 10.4 Å². The maximum Gasteiger partial charge on any atom is 0.254 e. The molecule has 0 bridgehead atoms. The molecule has 78 valence electrons. The third kappa shape index (κ3) is 2.48. The lowest BCUT2D eigenvalue weighted by Gasteiger charge is -2.05. The zero-order valence-electron chi connectivity index (χ0n) is 8.54. The van der Waals surface area contributed by atoms with E-state index in [0.717, 1.165) is 5.69 Å². The van der Waals surface area contributed by atoms with E-state index in [1.54, 1.807) is 17.9 Å². The lowest BCUT2D eigenvalue weighted by Crippen LogP contribution is -2.28. The van der Waals surface area contributed by atoms with E-state index in [4.69, 9.17) is 11.6 Å². The SMILES string of the molecule is Cc1c(C(=O)NCC(C)Cl)cnn1C. The second-order valence-electron chi connectivity index (χ2n) is 3.26. The average molecular weight is 216 g/mol. The zero-order valence-corrected chi connectivity index (χ0v) is 9.30. The third-order valence-corrected chi connectivity index (χ3v) is 2.18. The Morgan fingerprint density at radius 1 is 1.79 bits per heavy atom. The summed E-state index contributed by atoms with van der Waals surface area (Å²) in [5.41, 5.74) is 1.45. The van der Waals surface area contributed by atoms with Crippen LogP contribution in [0.25, 0.3) is 0 Å². The maximum absolute atomic E-state index is 11.6. The minimum absolute atomic E-state index is 0.0593. The topological polar surface area (TPSA) is 46.9 Å². The molecule has 1 unspecified atom stereocenters. The Morgan fingerprint density at radius 3 is 2.86 bits per heavy atom. The number of alkyl halides is 1. The fraction of sp³-hybridized carbons (Fsp3) is 0.556. The summed E-state index contributed by atoms with van der Waals surface area (Å²) in [6.45, 7) is 4.15. The molecule has 1 amide bonds. The van der Waals surface area contributed by atoms with Gasteiger partial charge in [-0.15, -0.1) is 11.6 Å². The van der Waals surface area contributed by atoms with Crippen molar-refractivity contribution >= 4 is 17.5 Å². The van der Waals surface area contributed by atoms with Gasteiger partial charge in [-0.2, -0.15) is 5.10 Å². The molecule has 0 saturated heterocycles. The van der Waals surface area contributed by atoms with Crippen molar-refractivity contribution in [3.63, 3.8) is 0 Å². The highest BCUT2D eigenvalue weighted by Gasteiger charge is 2.12. The van der Waals surface area contributed by atoms with E-state index in [0.29, 0.717) is 12.1 Å². The van der Waals surface area contributed by atoms with Crippen LogP contribution in [0.5, 0.6) is 0 Å². The third-order valence-electron chi connectivity index (χ3n) is 2.02. The molecule has 0 aliphatic carbocycles. The van der Waals surface area contributed by atoms with Crippen molar-refractivity contribution < 1.29 is 4.79 Å². The minimum atomic E-state index is -0.122. The number of amides is 1. The number of hydrogen-bond acceptors (Lipinski definition) is 2. The summed E-state index contributed by atoms with van der Waals surface area (Å²) in [5, 5.41) is 6.66. The summed E-state index contributed by atoms with van der Waals surface area (Å²) in [5.74, 6) is -0.122. The molecule has 1 aromatic rings. The fourth-order valence-corrected chi connectivity index (χ4v) is 1.13. The molecule has 0 aliphatic rings. The van der Waals surface area contributed by atoms with Crippen molar-refractivity contribution in [1.82, 2.24) is 15.1 Å². The lowest BCUT2D eigenvalue weighted by atomic mass is 10.2. The number of nitrogens with zero attached hydrogens (tertiary/aromatic N) is 2. The van der Waals surface area contributed by atoms with Gasteiger partial charge in [0.05, 0.1) is 11.8 Å². The molecule has 0 spiro atoms. The van der Waals surface area contributed by atoms with Crippen molar-refractivity contribution in [1.29, 1.82) is 0 Å². The van der Waals surface area contributed by atoms with Gasteiger partial charge in [0, 0.05) is 24.7 Å². The Hall–Kier alpha value is -1.03. The summed E-state index contributed by atoms with van der Waals surface area (Å²) >= 11 is 5.72. The van der Waals surface area contributed by atoms with Gasteiger partial charge in [-0.1, -0.05) is 0 Å². The summed E-state index contributed by atoms with van der Waals surface area (Å²) in [6.07, 6.45) is 1.56. The lowest BCUT2D eigenvalue weighted by molar-refractivity contribution is 0.0953. The number of nitrogens with one attached hydrogen (secondary N) is 1. The summed E-state index contributed by atoms with van der Waals surface area (Å²) < 4.78 is 1.67. The van der Waals surface area contributed by atoms with Gasteiger partial charge in [-0.25, -0.2) is 0 Å². The first kappa shape index (κ1) is 11.0. The standard InChI is InChI=1S/C9H14ClN3O/c1-6(10)4-11-9(14)8-5-12-13(3)7(8)2/h5-6H,4H2,1-3H3,(H,11,14). The first-order chi connectivity index (χ1) is 6.52. The monoisotopic (exact) mass is 215 g/mol. The van der Waals surface area contributed by atoms with Gasteiger partial charge in [0.2, 0.25) is 0 Å². The Morgan fingerprint density at radius 2 is 2.43 bits per heavy atom. The molecule has 0 aromatic carbocycles. The highest BCUT2D eigenvalue weighted by atomic mass is 35.5. The summed E-state index contributed by atoms with van der Waals surface area (Å²) in [7, 11) is 1.80. The van der Waals surface area contributed by atoms with Gasteiger partial charge in [0.25, 0.3) is 5.91 Å². The number of halogens is 1. The van der Waals surface area contributed by atoms with Crippen LogP contribution >= 0.6 is 11.6 Å². The predicted octanol–water partition coefficient (Wildman–Crippen LogP) is 1.09. The van der Waals surface area contributed by atoms with Gasteiger partial charge >= 0.3 is 0 Å². The second-order valence-corrected chi connectivity index (χ2v) is 4.00. The zero-order chi connectivity index (χ0) is 10.7. The van der Waals surface area contributed by atoms with E-state index >= 15 is 0 Å². The fourth-order valence-electron chi connectivity index (χ4n) is 1.05. The number of hydrogen-bond donors (Lipinski definition) is 1. The van der Waals surface area contributed by atoms with Gasteiger partial charge in [-0.3, -0.25) is 9.48 Å². The molecular formula is C9H14ClN3O. The molecular weight excluding hydrogens is 202 g/mol. The molecule has 0 saturated carbocycles. The van der Waals surface area contributed by atoms with Crippen LogP contribution < -0.4 is 5.32 Å². The minimum Gasteiger partial charge on any atom is -0.350 e. The Bertz CT molecular complexity index is 333. The highest BCUT2D eigenvalue weighted by Crippen LogP contribution is 2.05. The van der Waals surface area contributed by atoms with Crippen LogP contribution in [0.2, 0.25) is 0 Å². The maximum atomic E-state index is 11.6. The van der Waals surface area contributed by atoms with E-state index in [9.17, 15) is 4.79 Å². The molecule has 1 heterocycles. The van der Waals surface area contributed by atoms with Gasteiger partial charge in [0.1, 0.15) is 0 Å². The second kappa shape index (κ2) is 4.46. The number of aromatic nitrogens is 2. The average Bonchev–Trinajstić information content (AvgIpc) is 2.44. The van der Waals surface area contributed by atoms with Crippen molar-refractivity contribution in [3.05, 3.63) is 17.5 Å². The van der Waals surface area contributed by atoms with Crippen LogP contribution in [-0.2, 0) is 7.05 Å². The molecule has 0 fully saturated rings. The van der Waals surface area contributed by atoms with E-state index in [1.165, 1.54) is 0 Å². The molecule has 1 N–H and O–H groups in total. The summed E-state index contributed by atoms with van der Waals surface area (Å²) in [6, 6.07) is 0. The van der Waals surface area contributed by atoms with Gasteiger partial charge < -0.3 is 5.32 Å². The molecule has 4 nitrogen and oxygen atoms in total. The molecule has 0 radical (unpaired) electrons. The van der Waals surface area contributed by atoms with Crippen molar-refractivity contribution in [3.8, 4) is 0 Å². The van der Waals surface area contributed by atoms with E-state index in [-0.39, 0.29) is 11.3 Å². The molecule has 1 atom stereocenters. The molecule has 14 heavy (non-hydrogen) atoms.